The van der Waals surface area contributed by atoms with Crippen molar-refractivity contribution in [1.82, 2.24) is 0 Å². The van der Waals surface area contributed by atoms with Gasteiger partial charge in [-0.3, -0.25) is 0 Å². The highest BCUT2D eigenvalue weighted by atomic mass is 19.1. The molecule has 0 amide bonds. The molecule has 0 bridgehead atoms. The lowest BCUT2D eigenvalue weighted by molar-refractivity contribution is -0.0245. The Hall–Kier alpha value is -0.890. The quantitative estimate of drug-likeness (QED) is 0.842. The molecule has 1 aromatic rings. The fourth-order valence-corrected chi connectivity index (χ4v) is 3.22. The molecule has 1 fully saturated rings. The summed E-state index contributed by atoms with van der Waals surface area (Å²) in [6.45, 7) is 6.82. The minimum absolute atomic E-state index is 0.218. The zero-order valence-corrected chi connectivity index (χ0v) is 12.2. The largest absolute Gasteiger partial charge is 0.390 e. The van der Waals surface area contributed by atoms with Crippen molar-refractivity contribution < 1.29 is 9.50 Å². The van der Waals surface area contributed by atoms with Crippen molar-refractivity contribution in [2.75, 3.05) is 0 Å². The number of halogens is 1. The van der Waals surface area contributed by atoms with E-state index in [4.69, 9.17) is 0 Å². The third-order valence-electron chi connectivity index (χ3n) is 4.56. The predicted molar refractivity (Wildman–Crippen MR) is 76.5 cm³/mol. The lowest BCUT2D eigenvalue weighted by atomic mass is 9.67. The maximum absolute atomic E-state index is 13.2. The monoisotopic (exact) mass is 264 g/mol. The summed E-state index contributed by atoms with van der Waals surface area (Å²) in [6.07, 6.45) is 4.35. The number of hydrogen-bond acceptors (Lipinski definition) is 1. The number of benzene rings is 1. The maximum Gasteiger partial charge on any atom is 0.123 e. The van der Waals surface area contributed by atoms with Crippen LogP contribution in [0, 0.1) is 17.2 Å². The van der Waals surface area contributed by atoms with Crippen molar-refractivity contribution in [3.63, 3.8) is 0 Å². The molecule has 2 rings (SSSR count). The fraction of sp³-hybridized carbons (Fsp3) is 0.647. The number of hydrogen-bond donors (Lipinski definition) is 1. The first-order valence-corrected chi connectivity index (χ1v) is 7.25. The van der Waals surface area contributed by atoms with Gasteiger partial charge in [0.15, 0.2) is 0 Å². The Morgan fingerprint density at radius 2 is 1.89 bits per heavy atom. The van der Waals surface area contributed by atoms with E-state index in [0.29, 0.717) is 17.8 Å². The summed E-state index contributed by atoms with van der Waals surface area (Å²) >= 11 is 0. The van der Waals surface area contributed by atoms with Gasteiger partial charge in [0, 0.05) is 6.42 Å². The van der Waals surface area contributed by atoms with Crippen LogP contribution in [-0.2, 0) is 6.42 Å². The highest BCUT2D eigenvalue weighted by molar-refractivity contribution is 5.18. The third-order valence-corrected chi connectivity index (χ3v) is 4.56. The molecule has 1 saturated carbocycles. The molecule has 0 saturated heterocycles. The van der Waals surface area contributed by atoms with E-state index in [1.165, 1.54) is 12.1 Å². The van der Waals surface area contributed by atoms with Crippen LogP contribution in [0.2, 0.25) is 0 Å². The van der Waals surface area contributed by atoms with Crippen molar-refractivity contribution in [3.8, 4) is 0 Å². The predicted octanol–water partition coefficient (Wildman–Crippen LogP) is 4.34. The van der Waals surface area contributed by atoms with E-state index in [9.17, 15) is 9.50 Å². The van der Waals surface area contributed by atoms with Gasteiger partial charge in [0.25, 0.3) is 0 Å². The Bertz CT molecular complexity index is 425. The molecule has 2 heteroatoms. The molecule has 1 nitrogen and oxygen atoms in total. The standard InChI is InChI=1S/C17H25FO/c1-16(2,3)14-7-9-17(19,10-8-14)12-13-5-4-6-15(18)11-13/h4-6,11,14,19H,7-10,12H2,1-3H3. The topological polar surface area (TPSA) is 20.2 Å². The Morgan fingerprint density at radius 3 is 2.42 bits per heavy atom. The van der Waals surface area contributed by atoms with Gasteiger partial charge in [0.2, 0.25) is 0 Å². The van der Waals surface area contributed by atoms with E-state index in [1.807, 2.05) is 6.07 Å². The van der Waals surface area contributed by atoms with Gasteiger partial charge in [-0.05, 0) is 54.7 Å². The summed E-state index contributed by atoms with van der Waals surface area (Å²) in [6, 6.07) is 6.60. The maximum atomic E-state index is 13.2. The van der Waals surface area contributed by atoms with E-state index in [1.54, 1.807) is 6.07 Å². The molecule has 106 valence electrons. The first-order chi connectivity index (χ1) is 8.78. The number of aliphatic hydroxyl groups is 1. The first kappa shape index (κ1) is 14.5. The van der Waals surface area contributed by atoms with Crippen molar-refractivity contribution in [1.29, 1.82) is 0 Å². The van der Waals surface area contributed by atoms with Crippen molar-refractivity contribution in [3.05, 3.63) is 35.6 Å². The van der Waals surface area contributed by atoms with Gasteiger partial charge in [0.1, 0.15) is 5.82 Å². The van der Waals surface area contributed by atoms with Crippen LogP contribution in [0.15, 0.2) is 24.3 Å². The second-order valence-corrected chi connectivity index (χ2v) is 7.17. The van der Waals surface area contributed by atoms with Crippen LogP contribution in [0.3, 0.4) is 0 Å². The zero-order chi connectivity index (χ0) is 14.1. The molecule has 0 heterocycles. The average molecular weight is 264 g/mol. The Labute approximate surface area is 115 Å². The van der Waals surface area contributed by atoms with Crippen LogP contribution in [0.4, 0.5) is 4.39 Å². The molecular formula is C17H25FO. The molecule has 0 aliphatic heterocycles. The van der Waals surface area contributed by atoms with Gasteiger partial charge >= 0.3 is 0 Å². The van der Waals surface area contributed by atoms with Gasteiger partial charge in [-0.1, -0.05) is 32.9 Å². The molecule has 0 atom stereocenters. The Morgan fingerprint density at radius 1 is 1.26 bits per heavy atom. The van der Waals surface area contributed by atoms with Gasteiger partial charge < -0.3 is 5.11 Å². The minimum Gasteiger partial charge on any atom is -0.390 e. The summed E-state index contributed by atoms with van der Waals surface area (Å²) in [4.78, 5) is 0. The average Bonchev–Trinajstić information content (AvgIpc) is 2.27. The van der Waals surface area contributed by atoms with Gasteiger partial charge in [-0.2, -0.15) is 0 Å². The van der Waals surface area contributed by atoms with Crippen LogP contribution >= 0.6 is 0 Å². The summed E-state index contributed by atoms with van der Waals surface area (Å²) in [5.41, 5.74) is 0.576. The van der Waals surface area contributed by atoms with Crippen molar-refractivity contribution >= 4 is 0 Å². The lowest BCUT2D eigenvalue weighted by Gasteiger charge is -2.41. The summed E-state index contributed by atoms with van der Waals surface area (Å²) in [5.74, 6) is 0.463. The van der Waals surface area contributed by atoms with Crippen LogP contribution in [-0.4, -0.2) is 10.7 Å². The molecule has 0 aromatic heterocycles. The second-order valence-electron chi connectivity index (χ2n) is 7.17. The van der Waals surface area contributed by atoms with Crippen LogP contribution in [0.25, 0.3) is 0 Å². The van der Waals surface area contributed by atoms with E-state index in [0.717, 1.165) is 31.2 Å². The fourth-order valence-electron chi connectivity index (χ4n) is 3.22. The smallest absolute Gasteiger partial charge is 0.123 e. The summed E-state index contributed by atoms with van der Waals surface area (Å²) in [5, 5.41) is 10.7. The van der Waals surface area contributed by atoms with Gasteiger partial charge in [-0.25, -0.2) is 4.39 Å². The van der Waals surface area contributed by atoms with Crippen LogP contribution in [0.5, 0.6) is 0 Å². The zero-order valence-electron chi connectivity index (χ0n) is 12.2. The summed E-state index contributed by atoms with van der Waals surface area (Å²) < 4.78 is 13.2. The van der Waals surface area contributed by atoms with Gasteiger partial charge in [0.05, 0.1) is 5.60 Å². The highest BCUT2D eigenvalue weighted by Gasteiger charge is 2.37. The van der Waals surface area contributed by atoms with Crippen molar-refractivity contribution in [2.45, 2.75) is 58.5 Å². The lowest BCUT2D eigenvalue weighted by Crippen LogP contribution is -2.39. The van der Waals surface area contributed by atoms with E-state index in [2.05, 4.69) is 20.8 Å². The Kier molecular flexibility index (Phi) is 4.00. The Balaban J connectivity index is 1.99. The van der Waals surface area contributed by atoms with Gasteiger partial charge in [-0.15, -0.1) is 0 Å². The molecule has 1 aromatic carbocycles. The highest BCUT2D eigenvalue weighted by Crippen LogP contribution is 2.42. The molecule has 0 spiro atoms. The molecule has 1 aliphatic carbocycles. The SMILES string of the molecule is CC(C)(C)C1CCC(O)(Cc2cccc(F)c2)CC1. The molecule has 1 aliphatic rings. The second kappa shape index (κ2) is 5.24. The third kappa shape index (κ3) is 3.79. The van der Waals surface area contributed by atoms with E-state index in [-0.39, 0.29) is 5.82 Å². The van der Waals surface area contributed by atoms with Crippen LogP contribution < -0.4 is 0 Å². The number of rotatable bonds is 2. The van der Waals surface area contributed by atoms with E-state index >= 15 is 0 Å². The normalized spacial score (nSPS) is 28.4. The minimum atomic E-state index is -0.643. The molecule has 1 N–H and O–H groups in total. The summed E-state index contributed by atoms with van der Waals surface area (Å²) in [7, 11) is 0. The van der Waals surface area contributed by atoms with E-state index < -0.39 is 5.60 Å². The molecule has 0 radical (unpaired) electrons. The molecule has 0 unspecified atom stereocenters. The van der Waals surface area contributed by atoms with Crippen molar-refractivity contribution in [2.24, 2.45) is 11.3 Å². The molecule has 19 heavy (non-hydrogen) atoms. The molecular weight excluding hydrogens is 239 g/mol. The first-order valence-electron chi connectivity index (χ1n) is 7.25. The van der Waals surface area contributed by atoms with Crippen LogP contribution in [0.1, 0.15) is 52.0 Å².